The number of hydrogen-bond acceptors (Lipinski definition) is 4. The first-order valence-corrected chi connectivity index (χ1v) is 11.0. The van der Waals surface area contributed by atoms with E-state index in [-0.39, 0.29) is 6.61 Å². The Morgan fingerprint density at radius 3 is 2.65 bits per heavy atom. The predicted octanol–water partition coefficient (Wildman–Crippen LogP) is 3.36. The number of aromatic nitrogens is 1. The highest BCUT2D eigenvalue weighted by Gasteiger charge is 2.20. The van der Waals surface area contributed by atoms with Crippen LogP contribution in [0, 0.1) is 12.8 Å². The lowest BCUT2D eigenvalue weighted by Gasteiger charge is -2.32. The van der Waals surface area contributed by atoms with Gasteiger partial charge in [-0.1, -0.05) is 30.3 Å². The van der Waals surface area contributed by atoms with E-state index >= 15 is 0 Å². The summed E-state index contributed by atoms with van der Waals surface area (Å²) in [5, 5.41) is 19.6. The molecule has 3 aromatic rings. The van der Waals surface area contributed by atoms with Crippen molar-refractivity contribution < 1.29 is 15.1 Å². The van der Waals surface area contributed by atoms with Crippen LogP contribution in [0.1, 0.15) is 40.0 Å². The van der Waals surface area contributed by atoms with Crippen molar-refractivity contribution in [3.8, 4) is 0 Å². The number of amides is 1. The second-order valence-corrected chi connectivity index (χ2v) is 8.54. The zero-order valence-corrected chi connectivity index (χ0v) is 18.1. The number of rotatable bonds is 7. The second-order valence-electron chi connectivity index (χ2n) is 8.54. The van der Waals surface area contributed by atoms with E-state index in [0.717, 1.165) is 51.0 Å². The first-order chi connectivity index (χ1) is 15.1. The van der Waals surface area contributed by atoms with Gasteiger partial charge in [-0.25, -0.2) is 5.48 Å². The van der Waals surface area contributed by atoms with Crippen LogP contribution in [0.25, 0.3) is 10.9 Å². The number of hydrogen-bond donors (Lipinski definition) is 3. The van der Waals surface area contributed by atoms with E-state index in [4.69, 9.17) is 5.21 Å². The Hall–Kier alpha value is -2.67. The number of likely N-dealkylation sites (tertiary alicyclic amines) is 1. The molecule has 6 nitrogen and oxygen atoms in total. The number of nitrogens with zero attached hydrogens (tertiary/aromatic N) is 2. The highest BCUT2D eigenvalue weighted by atomic mass is 16.5. The van der Waals surface area contributed by atoms with E-state index in [1.807, 2.05) is 12.1 Å². The number of hydroxylamine groups is 1. The summed E-state index contributed by atoms with van der Waals surface area (Å²) >= 11 is 0. The minimum atomic E-state index is -0.500. The maximum absolute atomic E-state index is 11.6. The molecule has 1 aliphatic heterocycles. The van der Waals surface area contributed by atoms with E-state index in [1.165, 1.54) is 22.2 Å². The molecule has 1 aliphatic rings. The molecule has 31 heavy (non-hydrogen) atoms. The van der Waals surface area contributed by atoms with Crippen molar-refractivity contribution in [1.29, 1.82) is 0 Å². The quantitative estimate of drug-likeness (QED) is 0.404. The molecule has 0 saturated carbocycles. The van der Waals surface area contributed by atoms with Crippen LogP contribution in [0.3, 0.4) is 0 Å². The van der Waals surface area contributed by atoms with Gasteiger partial charge in [-0.15, -0.1) is 0 Å². The Balaban J connectivity index is 1.56. The van der Waals surface area contributed by atoms with Crippen LogP contribution < -0.4 is 5.48 Å². The van der Waals surface area contributed by atoms with Crippen LogP contribution in [0.4, 0.5) is 0 Å². The normalized spacial score (nSPS) is 17.2. The SMILES string of the molecule is Cc1c(Cc2ccc(C(=O)NO)cc2)c2ccccc2n1CCN1CCCC(CO)C1. The molecule has 2 heterocycles. The van der Waals surface area contributed by atoms with Gasteiger partial charge in [-0.2, -0.15) is 0 Å². The van der Waals surface area contributed by atoms with Gasteiger partial charge >= 0.3 is 0 Å². The fourth-order valence-electron chi connectivity index (χ4n) is 4.80. The third-order valence-electron chi connectivity index (χ3n) is 6.56. The Bertz CT molecular complexity index is 1040. The smallest absolute Gasteiger partial charge is 0.274 e. The van der Waals surface area contributed by atoms with E-state index < -0.39 is 5.91 Å². The van der Waals surface area contributed by atoms with Gasteiger partial charge in [0.15, 0.2) is 0 Å². The largest absolute Gasteiger partial charge is 0.396 e. The molecular weight excluding hydrogens is 390 g/mol. The summed E-state index contributed by atoms with van der Waals surface area (Å²) < 4.78 is 2.42. The number of carbonyl (C=O) groups is 1. The molecule has 164 valence electrons. The molecule has 0 radical (unpaired) electrons. The molecule has 1 saturated heterocycles. The van der Waals surface area contributed by atoms with E-state index in [9.17, 15) is 9.90 Å². The molecule has 1 amide bonds. The molecular formula is C25H31N3O3. The van der Waals surface area contributed by atoms with Gasteiger partial charge in [-0.3, -0.25) is 10.0 Å². The summed E-state index contributed by atoms with van der Waals surface area (Å²) in [6, 6.07) is 15.9. The minimum absolute atomic E-state index is 0.283. The summed E-state index contributed by atoms with van der Waals surface area (Å²) in [7, 11) is 0. The van der Waals surface area contributed by atoms with Gasteiger partial charge in [0, 0.05) is 48.4 Å². The van der Waals surface area contributed by atoms with Gasteiger partial charge in [0.1, 0.15) is 0 Å². The topological polar surface area (TPSA) is 77.7 Å². The summed E-state index contributed by atoms with van der Waals surface area (Å²) in [5.41, 5.74) is 7.07. The molecule has 2 aromatic carbocycles. The van der Waals surface area contributed by atoms with Crippen LogP contribution in [-0.4, -0.2) is 51.9 Å². The highest BCUT2D eigenvalue weighted by molar-refractivity contribution is 5.93. The monoisotopic (exact) mass is 421 g/mol. The molecule has 1 atom stereocenters. The molecule has 1 unspecified atom stereocenters. The van der Waals surface area contributed by atoms with Crippen molar-refractivity contribution in [2.45, 2.75) is 32.7 Å². The van der Waals surface area contributed by atoms with Crippen molar-refractivity contribution >= 4 is 16.8 Å². The molecule has 3 N–H and O–H groups in total. The number of aliphatic hydroxyl groups excluding tert-OH is 1. The van der Waals surface area contributed by atoms with Crippen molar-refractivity contribution in [2.75, 3.05) is 26.2 Å². The fourth-order valence-corrected chi connectivity index (χ4v) is 4.80. The van der Waals surface area contributed by atoms with Gasteiger partial charge in [0.2, 0.25) is 0 Å². The Kier molecular flexibility index (Phi) is 6.70. The Morgan fingerprint density at radius 2 is 1.90 bits per heavy atom. The summed E-state index contributed by atoms with van der Waals surface area (Å²) in [4.78, 5) is 14.1. The minimum Gasteiger partial charge on any atom is -0.396 e. The number of piperidine rings is 1. The van der Waals surface area contributed by atoms with Crippen molar-refractivity contribution in [3.63, 3.8) is 0 Å². The maximum atomic E-state index is 11.6. The lowest BCUT2D eigenvalue weighted by molar-refractivity contribution is 0.0706. The van der Waals surface area contributed by atoms with Crippen molar-refractivity contribution in [1.82, 2.24) is 14.9 Å². The van der Waals surface area contributed by atoms with Crippen molar-refractivity contribution in [2.24, 2.45) is 5.92 Å². The third-order valence-corrected chi connectivity index (χ3v) is 6.56. The van der Waals surface area contributed by atoms with Gasteiger partial charge < -0.3 is 14.6 Å². The van der Waals surface area contributed by atoms with Gasteiger partial charge in [-0.05, 0) is 68.0 Å². The third kappa shape index (κ3) is 4.66. The van der Waals surface area contributed by atoms with Crippen LogP contribution in [0.5, 0.6) is 0 Å². The van der Waals surface area contributed by atoms with Crippen LogP contribution in [0.15, 0.2) is 48.5 Å². The lowest BCUT2D eigenvalue weighted by Crippen LogP contribution is -2.38. The van der Waals surface area contributed by atoms with Gasteiger partial charge in [0.25, 0.3) is 5.91 Å². The second kappa shape index (κ2) is 9.64. The average molecular weight is 422 g/mol. The summed E-state index contributed by atoms with van der Waals surface area (Å²) in [5.74, 6) is -0.0943. The standard InChI is InChI=1S/C25H31N3O3/c1-18-23(15-19-8-10-21(11-9-19)25(30)26-31)22-6-2-3-7-24(22)28(18)14-13-27-12-4-5-20(16-27)17-29/h2-3,6-11,20,29,31H,4-5,12-17H2,1H3,(H,26,30). The van der Waals surface area contributed by atoms with Crippen molar-refractivity contribution in [3.05, 3.63) is 70.9 Å². The summed E-state index contributed by atoms with van der Waals surface area (Å²) in [6.07, 6.45) is 3.07. The molecule has 0 aliphatic carbocycles. The van der Waals surface area contributed by atoms with E-state index in [2.05, 4.69) is 40.7 Å². The zero-order chi connectivity index (χ0) is 21.8. The molecule has 0 spiro atoms. The molecule has 1 aromatic heterocycles. The number of carbonyl (C=O) groups excluding carboxylic acids is 1. The Labute approximate surface area is 183 Å². The zero-order valence-electron chi connectivity index (χ0n) is 18.1. The van der Waals surface area contributed by atoms with Crippen LogP contribution in [-0.2, 0) is 13.0 Å². The molecule has 0 bridgehead atoms. The van der Waals surface area contributed by atoms with Gasteiger partial charge in [0.05, 0.1) is 0 Å². The Morgan fingerprint density at radius 1 is 1.13 bits per heavy atom. The first-order valence-electron chi connectivity index (χ1n) is 11.0. The first kappa shape index (κ1) is 21.6. The van der Waals surface area contributed by atoms with E-state index in [1.54, 1.807) is 17.6 Å². The average Bonchev–Trinajstić information content (AvgIpc) is 3.08. The highest BCUT2D eigenvalue weighted by Crippen LogP contribution is 2.28. The molecule has 6 heteroatoms. The number of aliphatic hydroxyl groups is 1. The summed E-state index contributed by atoms with van der Waals surface area (Å²) in [6.45, 7) is 6.48. The fraction of sp³-hybridized carbons (Fsp3) is 0.400. The number of para-hydroxylation sites is 1. The number of nitrogens with one attached hydrogen (secondary N) is 1. The molecule has 1 fully saturated rings. The molecule has 4 rings (SSSR count). The predicted molar refractivity (Wildman–Crippen MR) is 121 cm³/mol. The number of fused-ring (bicyclic) bond motifs is 1. The van der Waals surface area contributed by atoms with E-state index in [0.29, 0.717) is 11.5 Å². The van der Waals surface area contributed by atoms with Crippen LogP contribution >= 0.6 is 0 Å². The lowest BCUT2D eigenvalue weighted by atomic mass is 9.99. The maximum Gasteiger partial charge on any atom is 0.274 e. The van der Waals surface area contributed by atoms with Crippen LogP contribution in [0.2, 0.25) is 0 Å². The number of benzene rings is 2.